The number of hydrogen-bond donors (Lipinski definition) is 0. The zero-order valence-corrected chi connectivity index (χ0v) is 8.12. The molecule has 7 heavy (non-hydrogen) atoms. The number of hydrogen-bond acceptors (Lipinski definition) is 0. The predicted molar refractivity (Wildman–Crippen MR) is 39.6 cm³/mol. The van der Waals surface area contributed by atoms with E-state index in [1.54, 1.807) is 0 Å². The average molecular weight is 226 g/mol. The van der Waals surface area contributed by atoms with Crippen molar-refractivity contribution in [3.8, 4) is 0 Å². The molecule has 0 aliphatic carbocycles. The molecule has 0 amide bonds. The summed E-state index contributed by atoms with van der Waals surface area (Å²) in [5.41, 5.74) is 0. The van der Waals surface area contributed by atoms with Crippen molar-refractivity contribution in [2.75, 3.05) is 0 Å². The summed E-state index contributed by atoms with van der Waals surface area (Å²) in [6.07, 6.45) is 0. The van der Waals surface area contributed by atoms with E-state index >= 15 is 0 Å². The maximum Gasteiger partial charge on any atom is 2.00 e. The molecule has 0 rings (SSSR count). The molecule has 0 bridgehead atoms. The second kappa shape index (κ2) is 112. The van der Waals surface area contributed by atoms with Crippen molar-refractivity contribution in [1.82, 2.24) is 0 Å². The van der Waals surface area contributed by atoms with Gasteiger partial charge < -0.3 is 12.3 Å². The normalized spacial score (nSPS) is 0. The number of halogens is 4. The first kappa shape index (κ1) is 166. The molecule has 4 N–H and O–H groups in total. The maximum atomic E-state index is 0. The Labute approximate surface area is 83.3 Å². The Bertz CT molecular complexity index is 9.65. The molecule has 0 radical (unpaired) electrons. The van der Waals surface area contributed by atoms with Gasteiger partial charge in [0.25, 0.3) is 0 Å². The van der Waals surface area contributed by atoms with Gasteiger partial charge in [-0.3, -0.25) is 0 Å². The Balaban J connectivity index is 0. The zero-order valence-electron chi connectivity index (χ0n) is 3.29. The van der Waals surface area contributed by atoms with E-state index in [-0.39, 0.29) is 83.6 Å². The minimum Gasteiger partial charge on any atom is -0.693 e. The zero-order chi connectivity index (χ0) is 0. The van der Waals surface area contributed by atoms with Gasteiger partial charge in [-0.05, 0) is 0 Å². The van der Waals surface area contributed by atoms with Crippen LogP contribution < -0.4 is 0 Å². The third-order valence-corrected chi connectivity index (χ3v) is 0. The van der Waals surface area contributed by atoms with Gasteiger partial charge in [0.15, 0.2) is 0 Å². The van der Waals surface area contributed by atoms with Gasteiger partial charge in [0, 0.05) is 0 Å². The molecule has 0 aliphatic heterocycles. The van der Waals surface area contributed by atoms with Crippen molar-refractivity contribution in [1.29, 1.82) is 0 Å². The van der Waals surface area contributed by atoms with Gasteiger partial charge in [-0.1, -0.05) is 0 Å². The summed E-state index contributed by atoms with van der Waals surface area (Å²) in [5.74, 6) is 0. The molecule has 0 spiro atoms. The summed E-state index contributed by atoms with van der Waals surface area (Å²) in [6, 6.07) is 0. The van der Waals surface area contributed by atoms with Crippen molar-refractivity contribution < 1.29 is 21.7 Å². The Morgan fingerprint density at radius 2 is 0.429 bits per heavy atom. The fraction of sp³-hybridized carbons (Fsp3) is 0. The van der Waals surface area contributed by atoms with Crippen LogP contribution >= 0.6 is 49.6 Å². The fourth-order valence-electron chi connectivity index (χ4n) is 0. The van der Waals surface area contributed by atoms with Crippen LogP contribution in [-0.2, 0) is 21.7 Å². The minimum absolute atomic E-state index is 0. The molecule has 0 fully saturated rings. The van der Waals surface area contributed by atoms with E-state index in [0.717, 1.165) is 0 Å². The summed E-state index contributed by atoms with van der Waals surface area (Å²) in [4.78, 5) is 0. The topological polar surface area (TPSA) is 67.0 Å². The van der Waals surface area contributed by atoms with Crippen LogP contribution in [0.25, 0.3) is 12.3 Å². The van der Waals surface area contributed by atoms with Crippen LogP contribution in [0, 0.1) is 0 Å². The molecule has 0 aromatic carbocycles. The molecule has 0 aliphatic rings. The van der Waals surface area contributed by atoms with Crippen LogP contribution in [-0.4, -0.2) is 0 Å². The van der Waals surface area contributed by atoms with Crippen LogP contribution in [0.5, 0.6) is 0 Å². The van der Waals surface area contributed by atoms with E-state index in [9.17, 15) is 0 Å². The standard InChI is InChI=1S/4ClH.2H2N.Ti/h4*1H;2*1H2;/q;;;;2*-1;+2. The quantitative estimate of drug-likeness (QED) is 0.569. The van der Waals surface area contributed by atoms with Crippen LogP contribution in [0.15, 0.2) is 0 Å². The summed E-state index contributed by atoms with van der Waals surface area (Å²) in [5, 5.41) is 0. The Morgan fingerprint density at radius 3 is 0.429 bits per heavy atom. The molecule has 50 valence electrons. The van der Waals surface area contributed by atoms with E-state index in [1.807, 2.05) is 0 Å². The van der Waals surface area contributed by atoms with E-state index in [1.165, 1.54) is 0 Å². The summed E-state index contributed by atoms with van der Waals surface area (Å²) in [6.45, 7) is 0. The molecule has 0 saturated carbocycles. The predicted octanol–water partition coefficient (Wildman–Crippen LogP) is 3.12. The molecule has 0 aromatic rings. The van der Waals surface area contributed by atoms with E-state index in [4.69, 9.17) is 0 Å². The van der Waals surface area contributed by atoms with Crippen molar-refractivity contribution >= 4 is 49.6 Å². The SMILES string of the molecule is Cl.Cl.Cl.Cl.[NH2-].[NH2-].[Ti+2]. The van der Waals surface area contributed by atoms with Gasteiger partial charge in [0.05, 0.1) is 0 Å². The second-order valence-electron chi connectivity index (χ2n) is 0. The van der Waals surface area contributed by atoms with Crippen LogP contribution in [0.1, 0.15) is 0 Å². The third-order valence-electron chi connectivity index (χ3n) is 0. The van der Waals surface area contributed by atoms with Gasteiger partial charge >= 0.3 is 21.7 Å². The smallest absolute Gasteiger partial charge is 0.693 e. The Morgan fingerprint density at radius 1 is 0.429 bits per heavy atom. The summed E-state index contributed by atoms with van der Waals surface area (Å²) >= 11 is 0. The van der Waals surface area contributed by atoms with Crippen molar-refractivity contribution in [2.45, 2.75) is 0 Å². The van der Waals surface area contributed by atoms with E-state index in [2.05, 4.69) is 0 Å². The van der Waals surface area contributed by atoms with Gasteiger partial charge in [-0.15, -0.1) is 49.6 Å². The monoisotopic (exact) mass is 224 g/mol. The first-order valence-corrected chi connectivity index (χ1v) is 0. The van der Waals surface area contributed by atoms with E-state index in [0.29, 0.717) is 0 Å². The number of rotatable bonds is 0. The molecule has 0 heterocycles. The average Bonchev–Trinajstić information content (AvgIpc) is 0. The third kappa shape index (κ3) is 81.3. The second-order valence-corrected chi connectivity index (χ2v) is 0. The maximum absolute atomic E-state index is 0. The molecule has 0 aromatic heterocycles. The largest absolute Gasteiger partial charge is 2.00 e. The first-order valence-electron chi connectivity index (χ1n) is 0. The van der Waals surface area contributed by atoms with Gasteiger partial charge in [-0.2, -0.15) is 0 Å². The summed E-state index contributed by atoms with van der Waals surface area (Å²) < 4.78 is 0. The first-order chi connectivity index (χ1) is 0. The molecule has 0 atom stereocenters. The molecule has 2 nitrogen and oxygen atoms in total. The van der Waals surface area contributed by atoms with Crippen molar-refractivity contribution in [3.63, 3.8) is 0 Å². The number of nitrogens with two attached hydrogens (primary N) is 2. The molecule has 7 heteroatoms. The Hall–Kier alpha value is 1.79. The van der Waals surface area contributed by atoms with Gasteiger partial charge in [-0.25, -0.2) is 0 Å². The van der Waals surface area contributed by atoms with Gasteiger partial charge in [0.2, 0.25) is 0 Å². The summed E-state index contributed by atoms with van der Waals surface area (Å²) in [7, 11) is 0. The van der Waals surface area contributed by atoms with Crippen molar-refractivity contribution in [2.24, 2.45) is 0 Å². The minimum atomic E-state index is 0. The van der Waals surface area contributed by atoms with Crippen molar-refractivity contribution in [3.05, 3.63) is 12.3 Å². The fourth-order valence-corrected chi connectivity index (χ4v) is 0. The van der Waals surface area contributed by atoms with Crippen LogP contribution in [0.4, 0.5) is 0 Å². The van der Waals surface area contributed by atoms with Crippen LogP contribution in [0.2, 0.25) is 0 Å². The molecule has 0 saturated heterocycles. The Kier molecular flexibility index (Phi) is 2650. The van der Waals surface area contributed by atoms with Crippen LogP contribution in [0.3, 0.4) is 0 Å². The van der Waals surface area contributed by atoms with E-state index < -0.39 is 0 Å². The molecule has 0 unspecified atom stereocenters. The molecular formula is H8Cl4N2Ti. The van der Waals surface area contributed by atoms with Gasteiger partial charge in [0.1, 0.15) is 0 Å². The molecular weight excluding hydrogens is 218 g/mol.